The average molecular weight is 342 g/mol. The van der Waals surface area contributed by atoms with Gasteiger partial charge in [0.25, 0.3) is 5.91 Å². The Bertz CT molecular complexity index is 717. The van der Waals surface area contributed by atoms with E-state index in [1.54, 1.807) is 43.5 Å². The molecule has 132 valence electrons. The molecule has 0 spiro atoms. The fourth-order valence-corrected chi connectivity index (χ4v) is 2.15. The van der Waals surface area contributed by atoms with Gasteiger partial charge in [-0.2, -0.15) is 0 Å². The molecule has 2 rings (SSSR count). The monoisotopic (exact) mass is 342 g/mol. The normalized spacial score (nSPS) is 10.2. The molecule has 1 aromatic heterocycles. The van der Waals surface area contributed by atoms with Crippen molar-refractivity contribution in [3.63, 3.8) is 0 Å². The first kappa shape index (κ1) is 18.4. The van der Waals surface area contributed by atoms with Gasteiger partial charge in [-0.15, -0.1) is 0 Å². The Hall–Kier alpha value is -2.93. The number of nitrogens with one attached hydrogen (secondary N) is 3. The quantitative estimate of drug-likeness (QED) is 0.642. The van der Waals surface area contributed by atoms with Crippen LogP contribution in [-0.2, 0) is 9.53 Å². The van der Waals surface area contributed by atoms with Gasteiger partial charge in [0.2, 0.25) is 5.91 Å². The maximum Gasteiger partial charge on any atom is 0.257 e. The lowest BCUT2D eigenvalue weighted by Gasteiger charge is -2.09. The maximum atomic E-state index is 12.3. The molecule has 0 saturated heterocycles. The van der Waals surface area contributed by atoms with Crippen molar-refractivity contribution >= 4 is 29.0 Å². The number of rotatable bonds is 8. The van der Waals surface area contributed by atoms with E-state index < -0.39 is 0 Å². The predicted octanol–water partition coefficient (Wildman–Crippen LogP) is 2.74. The zero-order valence-corrected chi connectivity index (χ0v) is 14.3. The van der Waals surface area contributed by atoms with Crippen LogP contribution in [0, 0.1) is 0 Å². The minimum Gasteiger partial charge on any atom is -0.385 e. The molecular formula is C18H22N4O3. The Morgan fingerprint density at radius 3 is 2.52 bits per heavy atom. The smallest absolute Gasteiger partial charge is 0.257 e. The Kier molecular flexibility index (Phi) is 6.91. The van der Waals surface area contributed by atoms with Gasteiger partial charge in [-0.05, 0) is 36.8 Å². The molecule has 25 heavy (non-hydrogen) atoms. The average Bonchev–Trinajstić information content (AvgIpc) is 2.59. The minimum atomic E-state index is -0.265. The van der Waals surface area contributed by atoms with Crippen LogP contribution in [0.1, 0.15) is 23.7 Å². The van der Waals surface area contributed by atoms with Crippen LogP contribution < -0.4 is 16.0 Å². The van der Waals surface area contributed by atoms with Crippen molar-refractivity contribution in [1.82, 2.24) is 4.98 Å². The van der Waals surface area contributed by atoms with Gasteiger partial charge in [0.1, 0.15) is 5.82 Å². The molecule has 1 aromatic carbocycles. The largest absolute Gasteiger partial charge is 0.385 e. The highest BCUT2D eigenvalue weighted by molar-refractivity contribution is 6.04. The first-order chi connectivity index (χ1) is 12.1. The topological polar surface area (TPSA) is 92.4 Å². The van der Waals surface area contributed by atoms with Crippen LogP contribution in [0.15, 0.2) is 42.6 Å². The van der Waals surface area contributed by atoms with E-state index in [1.165, 1.54) is 13.1 Å². The molecule has 0 bridgehead atoms. The van der Waals surface area contributed by atoms with Crippen molar-refractivity contribution in [1.29, 1.82) is 0 Å². The lowest BCUT2D eigenvalue weighted by molar-refractivity contribution is -0.114. The molecule has 0 radical (unpaired) electrons. The molecule has 0 saturated carbocycles. The third-order valence-corrected chi connectivity index (χ3v) is 3.30. The van der Waals surface area contributed by atoms with Gasteiger partial charge >= 0.3 is 0 Å². The first-order valence-corrected chi connectivity index (χ1v) is 7.96. The van der Waals surface area contributed by atoms with Crippen molar-refractivity contribution in [2.24, 2.45) is 0 Å². The van der Waals surface area contributed by atoms with Gasteiger partial charge in [0, 0.05) is 44.8 Å². The summed E-state index contributed by atoms with van der Waals surface area (Å²) in [6, 6.07) is 10.4. The summed E-state index contributed by atoms with van der Waals surface area (Å²) in [5.74, 6) is 0.278. The number of ether oxygens (including phenoxy) is 1. The van der Waals surface area contributed by atoms with Crippen LogP contribution in [0.25, 0.3) is 0 Å². The number of hydrogen-bond acceptors (Lipinski definition) is 5. The van der Waals surface area contributed by atoms with Gasteiger partial charge in [0.05, 0.1) is 5.56 Å². The molecule has 3 N–H and O–H groups in total. The highest BCUT2D eigenvalue weighted by atomic mass is 16.5. The summed E-state index contributed by atoms with van der Waals surface area (Å²) < 4.78 is 4.98. The lowest BCUT2D eigenvalue weighted by atomic mass is 10.2. The third-order valence-electron chi connectivity index (χ3n) is 3.30. The number of benzene rings is 1. The van der Waals surface area contributed by atoms with E-state index >= 15 is 0 Å². The van der Waals surface area contributed by atoms with Gasteiger partial charge in [-0.25, -0.2) is 4.98 Å². The summed E-state index contributed by atoms with van der Waals surface area (Å²) >= 11 is 0. The predicted molar refractivity (Wildman–Crippen MR) is 97.9 cm³/mol. The van der Waals surface area contributed by atoms with Crippen molar-refractivity contribution in [2.45, 2.75) is 13.3 Å². The number of carbonyl (C=O) groups is 2. The lowest BCUT2D eigenvalue weighted by Crippen LogP contribution is -2.13. The molecule has 2 amide bonds. The summed E-state index contributed by atoms with van der Waals surface area (Å²) in [5.41, 5.74) is 1.67. The number of methoxy groups -OCH3 is 1. The molecule has 0 aliphatic heterocycles. The van der Waals surface area contributed by atoms with Gasteiger partial charge in [-0.1, -0.05) is 6.07 Å². The SMILES string of the molecule is COCCCNc1ccc(C(=O)Nc2cccc(NC(C)=O)c2)cn1. The number of anilines is 3. The standard InChI is InChI=1S/C18H22N4O3/c1-13(23)21-15-5-3-6-16(11-15)22-18(24)14-7-8-17(20-12-14)19-9-4-10-25-2/h3,5-8,11-12H,4,9-10H2,1-2H3,(H,19,20)(H,21,23)(H,22,24). The van der Waals surface area contributed by atoms with Crippen molar-refractivity contribution < 1.29 is 14.3 Å². The number of aromatic nitrogens is 1. The van der Waals surface area contributed by atoms with Crippen LogP contribution >= 0.6 is 0 Å². The molecule has 0 unspecified atom stereocenters. The molecule has 7 nitrogen and oxygen atoms in total. The summed E-state index contributed by atoms with van der Waals surface area (Å²) in [6.45, 7) is 2.87. The molecule has 0 fully saturated rings. The molecule has 1 heterocycles. The molecule has 7 heteroatoms. The summed E-state index contributed by atoms with van der Waals surface area (Å²) in [7, 11) is 1.66. The van der Waals surface area contributed by atoms with Crippen LogP contribution in [0.5, 0.6) is 0 Å². The van der Waals surface area contributed by atoms with E-state index in [0.717, 1.165) is 13.0 Å². The van der Waals surface area contributed by atoms with Crippen LogP contribution in [-0.4, -0.2) is 37.1 Å². The Balaban J connectivity index is 1.93. The number of amides is 2. The maximum absolute atomic E-state index is 12.3. The molecule has 0 aliphatic carbocycles. The minimum absolute atomic E-state index is 0.165. The summed E-state index contributed by atoms with van der Waals surface area (Å²) in [6.07, 6.45) is 2.40. The Labute approximate surface area is 146 Å². The zero-order chi connectivity index (χ0) is 18.1. The van der Waals surface area contributed by atoms with E-state index in [4.69, 9.17) is 4.74 Å². The molecule has 0 atom stereocenters. The van der Waals surface area contributed by atoms with E-state index in [1.807, 2.05) is 0 Å². The highest BCUT2D eigenvalue weighted by Crippen LogP contribution is 2.16. The molecular weight excluding hydrogens is 320 g/mol. The zero-order valence-electron chi connectivity index (χ0n) is 14.3. The van der Waals surface area contributed by atoms with E-state index in [0.29, 0.717) is 29.4 Å². The van der Waals surface area contributed by atoms with E-state index in [-0.39, 0.29) is 11.8 Å². The Morgan fingerprint density at radius 2 is 1.88 bits per heavy atom. The second-order valence-corrected chi connectivity index (χ2v) is 5.42. The third kappa shape index (κ3) is 6.23. The number of pyridine rings is 1. The van der Waals surface area contributed by atoms with Gasteiger partial charge in [0.15, 0.2) is 0 Å². The number of nitrogens with zero attached hydrogens (tertiary/aromatic N) is 1. The van der Waals surface area contributed by atoms with Crippen LogP contribution in [0.2, 0.25) is 0 Å². The molecule has 2 aromatic rings. The fraction of sp³-hybridized carbons (Fsp3) is 0.278. The number of hydrogen-bond donors (Lipinski definition) is 3. The van der Waals surface area contributed by atoms with Gasteiger partial charge < -0.3 is 20.7 Å². The van der Waals surface area contributed by atoms with Crippen LogP contribution in [0.4, 0.5) is 17.2 Å². The second kappa shape index (κ2) is 9.39. The van der Waals surface area contributed by atoms with Crippen molar-refractivity contribution in [2.75, 3.05) is 36.2 Å². The van der Waals surface area contributed by atoms with E-state index in [2.05, 4.69) is 20.9 Å². The highest BCUT2D eigenvalue weighted by Gasteiger charge is 2.07. The summed E-state index contributed by atoms with van der Waals surface area (Å²) in [5, 5.41) is 8.62. The second-order valence-electron chi connectivity index (χ2n) is 5.42. The first-order valence-electron chi connectivity index (χ1n) is 7.96. The van der Waals surface area contributed by atoms with Gasteiger partial charge in [-0.3, -0.25) is 9.59 Å². The fourth-order valence-electron chi connectivity index (χ4n) is 2.15. The van der Waals surface area contributed by atoms with Crippen molar-refractivity contribution in [3.8, 4) is 0 Å². The molecule has 0 aliphatic rings. The van der Waals surface area contributed by atoms with Crippen LogP contribution in [0.3, 0.4) is 0 Å². The number of carbonyl (C=O) groups excluding carboxylic acids is 2. The van der Waals surface area contributed by atoms with E-state index in [9.17, 15) is 9.59 Å². The Morgan fingerprint density at radius 1 is 1.12 bits per heavy atom. The van der Waals surface area contributed by atoms with Crippen molar-refractivity contribution in [3.05, 3.63) is 48.2 Å². The summed E-state index contributed by atoms with van der Waals surface area (Å²) in [4.78, 5) is 27.6.